The van der Waals surface area contributed by atoms with Crippen molar-refractivity contribution in [3.8, 4) is 0 Å². The molecular weight excluding hydrogens is 292 g/mol. The van der Waals surface area contributed by atoms with Crippen LogP contribution in [0.1, 0.15) is 10.4 Å². The highest BCUT2D eigenvalue weighted by Crippen LogP contribution is 2.25. The topological polar surface area (TPSA) is 49.4 Å². The van der Waals surface area contributed by atoms with E-state index in [0.29, 0.717) is 17.3 Å². The van der Waals surface area contributed by atoms with Crippen LogP contribution < -0.4 is 5.32 Å². The van der Waals surface area contributed by atoms with Crippen molar-refractivity contribution >= 4 is 21.4 Å². The Morgan fingerprint density at radius 2 is 1.85 bits per heavy atom. The van der Waals surface area contributed by atoms with Crippen molar-refractivity contribution in [3.63, 3.8) is 0 Å². The molecule has 0 unspecified atom stereocenters. The van der Waals surface area contributed by atoms with Gasteiger partial charge in [-0.25, -0.2) is 8.42 Å². The molecule has 1 heterocycles. The predicted octanol–water partition coefficient (Wildman–Crippen LogP) is 2.29. The first-order valence-electron chi connectivity index (χ1n) is 6.27. The second kappa shape index (κ2) is 6.49. The van der Waals surface area contributed by atoms with Crippen molar-refractivity contribution in [1.29, 1.82) is 0 Å². The minimum absolute atomic E-state index is 0.377. The molecule has 0 saturated carbocycles. The van der Waals surface area contributed by atoms with Crippen LogP contribution in [0, 0.1) is 0 Å². The summed E-state index contributed by atoms with van der Waals surface area (Å²) in [5.74, 6) is 0. The number of benzene rings is 1. The molecule has 0 saturated heterocycles. The lowest BCUT2D eigenvalue weighted by Gasteiger charge is -2.16. The summed E-state index contributed by atoms with van der Waals surface area (Å²) in [6.07, 6.45) is 0. The number of sulfonamides is 1. The van der Waals surface area contributed by atoms with Gasteiger partial charge in [0.25, 0.3) is 10.0 Å². The SMILES string of the molecule is CNCc1ccc(S(=O)(=O)N(C)Cc2ccccc2)s1. The third-order valence-corrected chi connectivity index (χ3v) is 6.26. The van der Waals surface area contributed by atoms with Gasteiger partial charge in [-0.3, -0.25) is 0 Å². The van der Waals surface area contributed by atoms with E-state index in [1.54, 1.807) is 13.1 Å². The summed E-state index contributed by atoms with van der Waals surface area (Å²) in [7, 11) is 0.0430. The molecule has 0 bridgehead atoms. The molecule has 108 valence electrons. The fourth-order valence-corrected chi connectivity index (χ4v) is 4.58. The molecule has 0 aliphatic heterocycles. The number of rotatable bonds is 6. The average molecular weight is 310 g/mol. The lowest BCUT2D eigenvalue weighted by Crippen LogP contribution is -2.25. The van der Waals surface area contributed by atoms with Gasteiger partial charge in [0, 0.05) is 25.0 Å². The van der Waals surface area contributed by atoms with Crippen LogP contribution in [0.2, 0.25) is 0 Å². The first-order valence-corrected chi connectivity index (χ1v) is 8.53. The van der Waals surface area contributed by atoms with Gasteiger partial charge in [0.1, 0.15) is 4.21 Å². The van der Waals surface area contributed by atoms with Crippen LogP contribution in [-0.4, -0.2) is 26.8 Å². The second-order valence-electron chi connectivity index (χ2n) is 4.50. The van der Waals surface area contributed by atoms with Gasteiger partial charge in [0.15, 0.2) is 0 Å². The summed E-state index contributed by atoms with van der Waals surface area (Å²) in [4.78, 5) is 1.01. The highest BCUT2D eigenvalue weighted by Gasteiger charge is 2.22. The van der Waals surface area contributed by atoms with Gasteiger partial charge in [-0.1, -0.05) is 30.3 Å². The summed E-state index contributed by atoms with van der Waals surface area (Å²) in [6.45, 7) is 1.06. The standard InChI is InChI=1S/C14H18N2O2S2/c1-15-10-13-8-9-14(19-13)20(17,18)16(2)11-12-6-4-3-5-7-12/h3-9,15H,10-11H2,1-2H3. The van der Waals surface area contributed by atoms with Crippen LogP contribution in [0.25, 0.3) is 0 Å². The molecule has 0 fully saturated rings. The summed E-state index contributed by atoms with van der Waals surface area (Å²) < 4.78 is 26.7. The summed E-state index contributed by atoms with van der Waals surface area (Å²) in [5, 5.41) is 3.02. The van der Waals surface area contributed by atoms with E-state index < -0.39 is 10.0 Å². The van der Waals surface area contributed by atoms with Crippen LogP contribution in [0.4, 0.5) is 0 Å². The first kappa shape index (κ1) is 15.2. The van der Waals surface area contributed by atoms with Crippen molar-refractivity contribution in [2.45, 2.75) is 17.3 Å². The predicted molar refractivity (Wildman–Crippen MR) is 82.2 cm³/mol. The Balaban J connectivity index is 2.16. The smallest absolute Gasteiger partial charge is 0.252 e. The third-order valence-electron chi connectivity index (χ3n) is 2.90. The highest BCUT2D eigenvalue weighted by atomic mass is 32.2. The molecule has 0 spiro atoms. The Morgan fingerprint density at radius 3 is 2.50 bits per heavy atom. The molecule has 0 aliphatic carbocycles. The van der Waals surface area contributed by atoms with Gasteiger partial charge in [0.05, 0.1) is 0 Å². The van der Waals surface area contributed by atoms with Crippen LogP contribution in [0.15, 0.2) is 46.7 Å². The minimum Gasteiger partial charge on any atom is -0.315 e. The Morgan fingerprint density at radius 1 is 1.15 bits per heavy atom. The average Bonchev–Trinajstić information content (AvgIpc) is 2.89. The third kappa shape index (κ3) is 3.46. The monoisotopic (exact) mass is 310 g/mol. The number of nitrogens with one attached hydrogen (secondary N) is 1. The van der Waals surface area contributed by atoms with Crippen molar-refractivity contribution in [2.75, 3.05) is 14.1 Å². The van der Waals surface area contributed by atoms with E-state index in [1.165, 1.54) is 15.6 Å². The van der Waals surface area contributed by atoms with Gasteiger partial charge in [-0.05, 0) is 24.7 Å². The van der Waals surface area contributed by atoms with E-state index in [9.17, 15) is 8.42 Å². The molecule has 6 heteroatoms. The molecule has 0 atom stereocenters. The van der Waals surface area contributed by atoms with E-state index in [4.69, 9.17) is 0 Å². The lowest BCUT2D eigenvalue weighted by molar-refractivity contribution is 0.468. The highest BCUT2D eigenvalue weighted by molar-refractivity contribution is 7.91. The van der Waals surface area contributed by atoms with Gasteiger partial charge in [-0.15, -0.1) is 11.3 Å². The summed E-state index contributed by atoms with van der Waals surface area (Å²) in [5.41, 5.74) is 0.977. The van der Waals surface area contributed by atoms with Gasteiger partial charge >= 0.3 is 0 Å². The fraction of sp³-hybridized carbons (Fsp3) is 0.286. The van der Waals surface area contributed by atoms with E-state index in [-0.39, 0.29) is 0 Å². The second-order valence-corrected chi connectivity index (χ2v) is 7.94. The van der Waals surface area contributed by atoms with E-state index in [1.807, 2.05) is 43.4 Å². The molecule has 0 amide bonds. The zero-order valence-corrected chi connectivity index (χ0v) is 13.2. The van der Waals surface area contributed by atoms with Gasteiger partial charge in [-0.2, -0.15) is 4.31 Å². The van der Waals surface area contributed by atoms with E-state index in [0.717, 1.165) is 10.4 Å². The van der Waals surface area contributed by atoms with Crippen molar-refractivity contribution in [1.82, 2.24) is 9.62 Å². The summed E-state index contributed by atoms with van der Waals surface area (Å²) >= 11 is 1.31. The Labute approximate surface area is 124 Å². The van der Waals surface area contributed by atoms with Gasteiger partial charge in [0.2, 0.25) is 0 Å². The number of nitrogens with zero attached hydrogens (tertiary/aromatic N) is 1. The number of thiophene rings is 1. The molecule has 0 aliphatic rings. The van der Waals surface area contributed by atoms with Crippen LogP contribution in [-0.2, 0) is 23.1 Å². The zero-order valence-electron chi connectivity index (χ0n) is 11.5. The quantitative estimate of drug-likeness (QED) is 0.890. The number of hydrogen-bond acceptors (Lipinski definition) is 4. The molecule has 2 aromatic rings. The number of hydrogen-bond donors (Lipinski definition) is 1. The van der Waals surface area contributed by atoms with E-state index in [2.05, 4.69) is 5.32 Å². The van der Waals surface area contributed by atoms with Crippen LogP contribution in [0.5, 0.6) is 0 Å². The molecular formula is C14H18N2O2S2. The maximum absolute atomic E-state index is 12.5. The molecule has 20 heavy (non-hydrogen) atoms. The van der Waals surface area contributed by atoms with E-state index >= 15 is 0 Å². The zero-order chi connectivity index (χ0) is 14.6. The Hall–Kier alpha value is -1.21. The molecule has 1 aromatic heterocycles. The molecule has 0 radical (unpaired) electrons. The first-order chi connectivity index (χ1) is 9.54. The molecule has 4 nitrogen and oxygen atoms in total. The summed E-state index contributed by atoms with van der Waals surface area (Å²) in [6, 6.07) is 13.1. The minimum atomic E-state index is -3.41. The Bertz CT molecular complexity index is 651. The lowest BCUT2D eigenvalue weighted by atomic mass is 10.2. The van der Waals surface area contributed by atoms with Crippen LogP contribution >= 0.6 is 11.3 Å². The molecule has 1 aromatic carbocycles. The van der Waals surface area contributed by atoms with Gasteiger partial charge < -0.3 is 5.32 Å². The normalized spacial score (nSPS) is 11.9. The maximum Gasteiger partial charge on any atom is 0.252 e. The van der Waals surface area contributed by atoms with Crippen molar-refractivity contribution in [2.24, 2.45) is 0 Å². The Kier molecular flexibility index (Phi) is 4.93. The van der Waals surface area contributed by atoms with Crippen molar-refractivity contribution < 1.29 is 8.42 Å². The maximum atomic E-state index is 12.5. The molecule has 1 N–H and O–H groups in total. The molecule has 2 rings (SSSR count). The van der Waals surface area contributed by atoms with Crippen molar-refractivity contribution in [3.05, 3.63) is 52.9 Å². The fourth-order valence-electron chi connectivity index (χ4n) is 1.85. The van der Waals surface area contributed by atoms with Crippen LogP contribution in [0.3, 0.4) is 0 Å². The largest absolute Gasteiger partial charge is 0.315 e.